The van der Waals surface area contributed by atoms with Gasteiger partial charge in [-0.05, 0) is 12.1 Å². The van der Waals surface area contributed by atoms with Crippen molar-refractivity contribution in [3.05, 3.63) is 42.7 Å². The van der Waals surface area contributed by atoms with E-state index in [0.29, 0.717) is 5.75 Å². The molecule has 0 amide bonds. The monoisotopic (exact) mass is 182 g/mol. The Labute approximate surface area is 72.3 Å². The lowest BCUT2D eigenvalue weighted by atomic mass is 10.3. The Bertz CT molecular complexity index is 306. The van der Waals surface area contributed by atoms with Crippen LogP contribution in [-0.2, 0) is 4.57 Å². The molecule has 1 atom stereocenters. The third-order valence-corrected chi connectivity index (χ3v) is 2.60. The first-order chi connectivity index (χ1) is 5.64. The lowest BCUT2D eigenvalue weighted by molar-refractivity contribution is 0.498. The zero-order valence-corrected chi connectivity index (χ0v) is 7.83. The van der Waals surface area contributed by atoms with Gasteiger partial charge in [-0.15, -0.1) is 0 Å². The number of hydrogen-bond donors (Lipinski definition) is 0. The van der Waals surface area contributed by atoms with E-state index in [-0.39, 0.29) is 0 Å². The zero-order valence-electron chi connectivity index (χ0n) is 6.93. The van der Waals surface area contributed by atoms with E-state index < -0.39 is 7.37 Å². The number of para-hydroxylation sites is 1. The van der Waals surface area contributed by atoms with Crippen LogP contribution in [0.2, 0.25) is 0 Å². The first-order valence-corrected chi connectivity index (χ1v) is 5.73. The molecule has 0 heterocycles. The van der Waals surface area contributed by atoms with Gasteiger partial charge in [0.15, 0.2) is 0 Å². The Balaban J connectivity index is 2.77. The standard InChI is InChI=1S/C9H11O2P/c1-3-12(2,10)11-9-7-5-4-6-8-9/h3-8H,1H2,2H3. The minimum atomic E-state index is -2.63. The molecule has 1 rings (SSSR count). The van der Waals surface area contributed by atoms with Crippen LogP contribution in [-0.4, -0.2) is 6.66 Å². The summed E-state index contributed by atoms with van der Waals surface area (Å²) in [4.78, 5) is 0. The fourth-order valence-corrected chi connectivity index (χ4v) is 1.34. The van der Waals surface area contributed by atoms with Crippen molar-refractivity contribution in [2.45, 2.75) is 0 Å². The molecule has 64 valence electrons. The molecule has 0 spiro atoms. The minimum Gasteiger partial charge on any atom is -0.440 e. The summed E-state index contributed by atoms with van der Waals surface area (Å²) in [5, 5.41) is 0. The summed E-state index contributed by atoms with van der Waals surface area (Å²) in [6.45, 7) is 4.98. The van der Waals surface area contributed by atoms with Crippen LogP contribution in [0.15, 0.2) is 42.7 Å². The lowest BCUT2D eigenvalue weighted by Gasteiger charge is -2.09. The van der Waals surface area contributed by atoms with Gasteiger partial charge in [-0.1, -0.05) is 24.8 Å². The molecule has 12 heavy (non-hydrogen) atoms. The molecule has 0 radical (unpaired) electrons. The largest absolute Gasteiger partial charge is 0.440 e. The van der Waals surface area contributed by atoms with Crippen LogP contribution < -0.4 is 4.52 Å². The molecule has 1 aromatic rings. The molecule has 0 N–H and O–H groups in total. The SMILES string of the molecule is C=CP(C)(=O)Oc1ccccc1. The number of rotatable bonds is 3. The summed E-state index contributed by atoms with van der Waals surface area (Å²) >= 11 is 0. The van der Waals surface area contributed by atoms with Crippen LogP contribution in [0.4, 0.5) is 0 Å². The van der Waals surface area contributed by atoms with E-state index in [1.54, 1.807) is 12.1 Å². The van der Waals surface area contributed by atoms with Crippen molar-refractivity contribution in [1.29, 1.82) is 0 Å². The molecular formula is C9H11O2P. The number of benzene rings is 1. The highest BCUT2D eigenvalue weighted by Gasteiger charge is 2.10. The Morgan fingerprint density at radius 1 is 1.42 bits per heavy atom. The fourth-order valence-electron chi connectivity index (χ4n) is 0.728. The van der Waals surface area contributed by atoms with E-state index in [4.69, 9.17) is 4.52 Å². The summed E-state index contributed by atoms with van der Waals surface area (Å²) in [5.41, 5.74) is 0. The van der Waals surface area contributed by atoms with E-state index in [9.17, 15) is 4.57 Å². The molecule has 0 fully saturated rings. The first kappa shape index (κ1) is 9.08. The first-order valence-electron chi connectivity index (χ1n) is 3.59. The highest BCUT2D eigenvalue weighted by Crippen LogP contribution is 2.43. The third kappa shape index (κ3) is 2.55. The predicted molar refractivity (Wildman–Crippen MR) is 50.8 cm³/mol. The zero-order chi connectivity index (χ0) is 9.03. The average Bonchev–Trinajstić information content (AvgIpc) is 2.06. The molecule has 2 nitrogen and oxygen atoms in total. The summed E-state index contributed by atoms with van der Waals surface area (Å²) in [7, 11) is -2.63. The molecule has 0 aliphatic carbocycles. The molecule has 3 heteroatoms. The maximum Gasteiger partial charge on any atom is 0.266 e. The van der Waals surface area contributed by atoms with Crippen molar-refractivity contribution in [1.82, 2.24) is 0 Å². The van der Waals surface area contributed by atoms with Gasteiger partial charge in [-0.25, -0.2) is 0 Å². The van der Waals surface area contributed by atoms with Crippen molar-refractivity contribution < 1.29 is 9.09 Å². The maximum atomic E-state index is 11.4. The predicted octanol–water partition coefficient (Wildman–Crippen LogP) is 3.12. The molecule has 1 unspecified atom stereocenters. The van der Waals surface area contributed by atoms with Crippen LogP contribution in [0.25, 0.3) is 0 Å². The molecule has 0 bridgehead atoms. The highest BCUT2D eigenvalue weighted by atomic mass is 31.2. The molecular weight excluding hydrogens is 171 g/mol. The summed E-state index contributed by atoms with van der Waals surface area (Å²) in [6, 6.07) is 9.07. The normalized spacial score (nSPS) is 14.8. The van der Waals surface area contributed by atoms with E-state index in [1.807, 2.05) is 18.2 Å². The van der Waals surface area contributed by atoms with Crippen molar-refractivity contribution in [3.63, 3.8) is 0 Å². The van der Waals surface area contributed by atoms with E-state index in [1.165, 1.54) is 12.5 Å². The second kappa shape index (κ2) is 3.59. The molecule has 1 aromatic carbocycles. The molecule has 0 aliphatic heterocycles. The lowest BCUT2D eigenvalue weighted by Crippen LogP contribution is -1.86. The minimum absolute atomic E-state index is 0.614. The quantitative estimate of drug-likeness (QED) is 0.671. The van der Waals surface area contributed by atoms with E-state index in [2.05, 4.69) is 6.58 Å². The van der Waals surface area contributed by atoms with Crippen LogP contribution in [0.5, 0.6) is 5.75 Å². The molecule has 0 aromatic heterocycles. The average molecular weight is 182 g/mol. The van der Waals surface area contributed by atoms with Gasteiger partial charge < -0.3 is 4.52 Å². The second-order valence-corrected chi connectivity index (χ2v) is 4.86. The Kier molecular flexibility index (Phi) is 2.72. The second-order valence-electron chi connectivity index (χ2n) is 2.50. The van der Waals surface area contributed by atoms with Crippen LogP contribution in [0.3, 0.4) is 0 Å². The third-order valence-electron chi connectivity index (χ3n) is 1.36. The Hall–Kier alpha value is -1.01. The van der Waals surface area contributed by atoms with E-state index >= 15 is 0 Å². The summed E-state index contributed by atoms with van der Waals surface area (Å²) in [5.74, 6) is 1.96. The molecule has 0 saturated heterocycles. The van der Waals surface area contributed by atoms with Crippen LogP contribution >= 0.6 is 7.37 Å². The van der Waals surface area contributed by atoms with Gasteiger partial charge in [-0.3, -0.25) is 4.57 Å². The highest BCUT2D eigenvalue weighted by molar-refractivity contribution is 7.61. The van der Waals surface area contributed by atoms with E-state index in [0.717, 1.165) is 0 Å². The fraction of sp³-hybridized carbons (Fsp3) is 0.111. The smallest absolute Gasteiger partial charge is 0.266 e. The van der Waals surface area contributed by atoms with Crippen LogP contribution in [0.1, 0.15) is 0 Å². The van der Waals surface area contributed by atoms with Gasteiger partial charge in [0.2, 0.25) is 0 Å². The molecule has 0 saturated carbocycles. The van der Waals surface area contributed by atoms with Crippen LogP contribution in [0, 0.1) is 0 Å². The van der Waals surface area contributed by atoms with Gasteiger partial charge in [-0.2, -0.15) is 0 Å². The summed E-state index contributed by atoms with van der Waals surface area (Å²) in [6.07, 6.45) is 0. The molecule has 0 aliphatic rings. The van der Waals surface area contributed by atoms with Crippen molar-refractivity contribution in [2.24, 2.45) is 0 Å². The van der Waals surface area contributed by atoms with Gasteiger partial charge in [0.25, 0.3) is 7.37 Å². The topological polar surface area (TPSA) is 26.3 Å². The van der Waals surface area contributed by atoms with Gasteiger partial charge in [0.05, 0.1) is 0 Å². The Morgan fingerprint density at radius 2 is 2.00 bits per heavy atom. The van der Waals surface area contributed by atoms with Crippen molar-refractivity contribution >= 4 is 7.37 Å². The van der Waals surface area contributed by atoms with Gasteiger partial charge in [0, 0.05) is 12.5 Å². The van der Waals surface area contributed by atoms with Gasteiger partial charge >= 0.3 is 0 Å². The van der Waals surface area contributed by atoms with Gasteiger partial charge in [0.1, 0.15) is 5.75 Å². The maximum absolute atomic E-state index is 11.4. The number of hydrogen-bond acceptors (Lipinski definition) is 2. The van der Waals surface area contributed by atoms with Crippen molar-refractivity contribution in [3.8, 4) is 5.75 Å². The van der Waals surface area contributed by atoms with Crippen molar-refractivity contribution in [2.75, 3.05) is 6.66 Å². The Morgan fingerprint density at radius 3 is 2.50 bits per heavy atom. The summed E-state index contributed by atoms with van der Waals surface area (Å²) < 4.78 is 16.6.